The quantitative estimate of drug-likeness (QED) is 0.124. The minimum atomic E-state index is -1.65. The number of nitrogens with two attached hydrogens (primary N) is 2. The minimum Gasteiger partial charge on any atom is -0.481 e. The molecule has 0 aromatic rings. The lowest BCUT2D eigenvalue weighted by molar-refractivity contribution is -0.143. The summed E-state index contributed by atoms with van der Waals surface area (Å²) in [7, 11) is 0. The van der Waals surface area contributed by atoms with Crippen LogP contribution in [-0.4, -0.2) is 75.7 Å². The molecule has 0 saturated heterocycles. The van der Waals surface area contributed by atoms with Crippen LogP contribution in [0.1, 0.15) is 33.1 Å². The van der Waals surface area contributed by atoms with Gasteiger partial charge < -0.3 is 37.6 Å². The molecular weight excluding hydrogens is 434 g/mol. The summed E-state index contributed by atoms with van der Waals surface area (Å²) >= 11 is 3.97. The number of thiol groups is 1. The summed E-state index contributed by atoms with van der Waals surface area (Å²) in [5.41, 5.74) is 10.7. The number of hydrogen-bond donors (Lipinski definition) is 8. The normalized spacial score (nSPS) is 14.6. The van der Waals surface area contributed by atoms with Crippen molar-refractivity contribution in [1.82, 2.24) is 16.0 Å². The molecule has 0 fully saturated rings. The molecule has 0 heterocycles. The molecule has 0 aliphatic carbocycles. The molecule has 0 saturated carbocycles. The number of nitrogens with one attached hydrogen (secondary N) is 3. The van der Waals surface area contributed by atoms with Crippen LogP contribution in [0, 0.1) is 5.92 Å². The Hall–Kier alpha value is -2.87. The van der Waals surface area contributed by atoms with Crippen LogP contribution in [0.3, 0.4) is 0 Å². The predicted octanol–water partition coefficient (Wildman–Crippen LogP) is -2.82. The third kappa shape index (κ3) is 10.6. The molecule has 31 heavy (non-hydrogen) atoms. The van der Waals surface area contributed by atoms with Gasteiger partial charge in [0, 0.05) is 12.2 Å². The highest BCUT2D eigenvalue weighted by molar-refractivity contribution is 7.80. The van der Waals surface area contributed by atoms with Crippen molar-refractivity contribution in [3.63, 3.8) is 0 Å². The van der Waals surface area contributed by atoms with E-state index in [0.717, 1.165) is 0 Å². The van der Waals surface area contributed by atoms with Gasteiger partial charge in [-0.25, -0.2) is 4.79 Å². The Morgan fingerprint density at radius 3 is 1.77 bits per heavy atom. The molecule has 13 nitrogen and oxygen atoms in total. The Morgan fingerprint density at radius 1 is 0.871 bits per heavy atom. The number of amides is 4. The average molecular weight is 464 g/mol. The van der Waals surface area contributed by atoms with Gasteiger partial charge in [-0.05, 0) is 12.3 Å². The van der Waals surface area contributed by atoms with Gasteiger partial charge in [0.1, 0.15) is 18.1 Å². The SMILES string of the molecule is CC(C)C(N)C(=O)NC(CS)C(=O)NC(CC(=O)O)C(=O)NC(CCC(N)=O)C(=O)O. The van der Waals surface area contributed by atoms with Crippen molar-refractivity contribution in [2.75, 3.05) is 5.75 Å². The van der Waals surface area contributed by atoms with Crippen molar-refractivity contribution < 1.29 is 39.0 Å². The Balaban J connectivity index is 5.31. The summed E-state index contributed by atoms with van der Waals surface area (Å²) < 4.78 is 0. The van der Waals surface area contributed by atoms with Crippen LogP contribution >= 0.6 is 12.6 Å². The van der Waals surface area contributed by atoms with Gasteiger partial charge in [0.15, 0.2) is 0 Å². The number of primary amides is 1. The molecule has 4 atom stereocenters. The third-order valence-electron chi connectivity index (χ3n) is 4.14. The van der Waals surface area contributed by atoms with Gasteiger partial charge in [0.2, 0.25) is 23.6 Å². The lowest BCUT2D eigenvalue weighted by atomic mass is 10.0. The number of carbonyl (C=O) groups is 6. The predicted molar refractivity (Wildman–Crippen MR) is 111 cm³/mol. The lowest BCUT2D eigenvalue weighted by Gasteiger charge is -2.24. The zero-order valence-corrected chi connectivity index (χ0v) is 18.1. The second-order valence-electron chi connectivity index (χ2n) is 7.08. The molecule has 0 rings (SSSR count). The highest BCUT2D eigenvalue weighted by Gasteiger charge is 2.31. The van der Waals surface area contributed by atoms with Crippen molar-refractivity contribution in [2.45, 2.75) is 57.3 Å². The Labute approximate surface area is 184 Å². The van der Waals surface area contributed by atoms with E-state index in [0.29, 0.717) is 0 Å². The molecule has 4 amide bonds. The number of carbonyl (C=O) groups excluding carboxylic acids is 4. The van der Waals surface area contributed by atoms with Gasteiger partial charge >= 0.3 is 11.9 Å². The van der Waals surface area contributed by atoms with E-state index in [-0.39, 0.29) is 24.5 Å². The fourth-order valence-corrected chi connectivity index (χ4v) is 2.49. The Bertz CT molecular complexity index is 702. The number of aliphatic carboxylic acids is 2. The van der Waals surface area contributed by atoms with Gasteiger partial charge in [-0.2, -0.15) is 12.6 Å². The minimum absolute atomic E-state index is 0.180. The summed E-state index contributed by atoms with van der Waals surface area (Å²) in [5, 5.41) is 24.8. The van der Waals surface area contributed by atoms with Gasteiger partial charge in [-0.3, -0.25) is 24.0 Å². The van der Waals surface area contributed by atoms with E-state index in [9.17, 15) is 28.8 Å². The number of carboxylic acids is 2. The molecule has 9 N–H and O–H groups in total. The fourth-order valence-electron chi connectivity index (χ4n) is 2.24. The van der Waals surface area contributed by atoms with E-state index in [4.69, 9.17) is 21.7 Å². The van der Waals surface area contributed by atoms with E-state index in [2.05, 4.69) is 28.6 Å². The zero-order chi connectivity index (χ0) is 24.3. The molecule has 176 valence electrons. The van der Waals surface area contributed by atoms with Crippen molar-refractivity contribution >= 4 is 48.2 Å². The van der Waals surface area contributed by atoms with E-state index in [1.165, 1.54) is 0 Å². The summed E-state index contributed by atoms with van der Waals surface area (Å²) in [5.74, 6) is -6.76. The molecule has 0 aromatic heterocycles. The topological polar surface area (TPSA) is 231 Å². The lowest BCUT2D eigenvalue weighted by Crippen LogP contribution is -2.58. The summed E-state index contributed by atoms with van der Waals surface area (Å²) in [6.45, 7) is 3.40. The van der Waals surface area contributed by atoms with E-state index in [1.54, 1.807) is 13.8 Å². The van der Waals surface area contributed by atoms with Crippen molar-refractivity contribution in [1.29, 1.82) is 0 Å². The van der Waals surface area contributed by atoms with E-state index >= 15 is 0 Å². The number of rotatable bonds is 14. The maximum absolute atomic E-state index is 12.5. The van der Waals surface area contributed by atoms with Crippen LogP contribution in [0.25, 0.3) is 0 Å². The largest absolute Gasteiger partial charge is 0.481 e. The highest BCUT2D eigenvalue weighted by Crippen LogP contribution is 2.03. The first-order valence-electron chi connectivity index (χ1n) is 9.30. The van der Waals surface area contributed by atoms with Gasteiger partial charge in [0.25, 0.3) is 0 Å². The molecule has 4 unspecified atom stereocenters. The summed E-state index contributed by atoms with van der Waals surface area (Å²) in [6.07, 6.45) is -1.53. The maximum Gasteiger partial charge on any atom is 0.326 e. The van der Waals surface area contributed by atoms with Crippen molar-refractivity contribution in [2.24, 2.45) is 17.4 Å². The van der Waals surface area contributed by atoms with Crippen molar-refractivity contribution in [3.05, 3.63) is 0 Å². The van der Waals surface area contributed by atoms with Gasteiger partial charge in [-0.1, -0.05) is 13.8 Å². The van der Waals surface area contributed by atoms with Crippen LogP contribution in [0.5, 0.6) is 0 Å². The van der Waals surface area contributed by atoms with E-state index in [1.807, 2.05) is 0 Å². The first-order valence-corrected chi connectivity index (χ1v) is 9.93. The second kappa shape index (κ2) is 13.4. The zero-order valence-electron chi connectivity index (χ0n) is 17.2. The second-order valence-corrected chi connectivity index (χ2v) is 7.44. The first kappa shape index (κ1) is 28.1. The monoisotopic (exact) mass is 463 g/mol. The summed E-state index contributed by atoms with van der Waals surface area (Å²) in [4.78, 5) is 70.2. The number of carboxylic acid groups (broad SMARTS) is 2. The van der Waals surface area contributed by atoms with E-state index < -0.39 is 66.2 Å². The molecule has 0 aliphatic heterocycles. The first-order chi connectivity index (χ1) is 14.3. The number of hydrogen-bond acceptors (Lipinski definition) is 8. The Kier molecular flexibility index (Phi) is 12.2. The smallest absolute Gasteiger partial charge is 0.326 e. The molecule has 0 bridgehead atoms. The van der Waals surface area contributed by atoms with Crippen molar-refractivity contribution in [3.8, 4) is 0 Å². The molecular formula is C17H29N5O8S. The fraction of sp³-hybridized carbons (Fsp3) is 0.647. The molecule has 0 aliphatic rings. The van der Waals surface area contributed by atoms with Gasteiger partial charge in [0.05, 0.1) is 12.5 Å². The van der Waals surface area contributed by atoms with Crippen LogP contribution in [0.15, 0.2) is 0 Å². The third-order valence-corrected chi connectivity index (χ3v) is 4.51. The van der Waals surface area contributed by atoms with Gasteiger partial charge in [-0.15, -0.1) is 0 Å². The molecule has 0 radical (unpaired) electrons. The van der Waals surface area contributed by atoms with Crippen LogP contribution in [0.4, 0.5) is 0 Å². The molecule has 14 heteroatoms. The Morgan fingerprint density at radius 2 is 1.35 bits per heavy atom. The molecule has 0 spiro atoms. The maximum atomic E-state index is 12.5. The summed E-state index contributed by atoms with van der Waals surface area (Å²) in [6, 6.07) is -5.32. The average Bonchev–Trinajstić information content (AvgIpc) is 2.66. The standard InChI is InChI=1S/C17H29N5O8S/c1-7(2)13(19)16(28)22-10(6-31)15(27)21-9(5-12(24)25)14(26)20-8(17(29)30)3-4-11(18)23/h7-10,13,31H,3-6,19H2,1-2H3,(H2,18,23)(H,20,26)(H,21,27)(H,22,28)(H,24,25)(H,29,30). The molecule has 0 aromatic carbocycles. The van der Waals surface area contributed by atoms with Crippen LogP contribution in [0.2, 0.25) is 0 Å². The van der Waals surface area contributed by atoms with Crippen LogP contribution in [-0.2, 0) is 28.8 Å². The highest BCUT2D eigenvalue weighted by atomic mass is 32.1. The van der Waals surface area contributed by atoms with Crippen LogP contribution < -0.4 is 27.4 Å².